The van der Waals surface area contributed by atoms with Crippen LogP contribution in [0.4, 0.5) is 5.69 Å². The van der Waals surface area contributed by atoms with Gasteiger partial charge in [-0.3, -0.25) is 4.79 Å². The highest BCUT2D eigenvalue weighted by molar-refractivity contribution is 5.93. The Morgan fingerprint density at radius 3 is 2.38 bits per heavy atom. The van der Waals surface area contributed by atoms with E-state index in [0.717, 1.165) is 11.3 Å². The van der Waals surface area contributed by atoms with Gasteiger partial charge in [0.15, 0.2) is 0 Å². The number of ether oxygens (including phenoxy) is 2. The number of nitrogens with zero attached hydrogens (tertiary/aromatic N) is 1. The summed E-state index contributed by atoms with van der Waals surface area (Å²) in [6.45, 7) is 7.42. The molecule has 0 saturated carbocycles. The molecule has 0 saturated heterocycles. The number of rotatable bonds is 4. The SMILES string of the molecule is COC(=O)c1cccc(N(C)CC(=O)OC(C)(C)C)c1C. The first-order valence-corrected chi connectivity index (χ1v) is 6.76. The minimum absolute atomic E-state index is 0.114. The van der Waals surface area contributed by atoms with Gasteiger partial charge in [-0.15, -0.1) is 0 Å². The van der Waals surface area contributed by atoms with Crippen LogP contribution in [0.1, 0.15) is 36.7 Å². The number of carbonyl (C=O) groups is 2. The minimum Gasteiger partial charge on any atom is -0.465 e. The molecule has 0 amide bonds. The molecular weight excluding hydrogens is 270 g/mol. The Bertz CT molecular complexity index is 532. The fourth-order valence-corrected chi connectivity index (χ4v) is 2.02. The summed E-state index contributed by atoms with van der Waals surface area (Å²) < 4.78 is 10.0. The first-order valence-electron chi connectivity index (χ1n) is 6.76. The third kappa shape index (κ3) is 4.77. The van der Waals surface area contributed by atoms with E-state index < -0.39 is 5.60 Å². The molecule has 0 atom stereocenters. The maximum atomic E-state index is 11.9. The lowest BCUT2D eigenvalue weighted by molar-refractivity contribution is -0.152. The molecule has 0 aliphatic heterocycles. The molecule has 1 rings (SSSR count). The molecule has 0 aromatic heterocycles. The van der Waals surface area contributed by atoms with Crippen molar-refractivity contribution in [3.8, 4) is 0 Å². The molecule has 116 valence electrons. The Kier molecular flexibility index (Phi) is 5.35. The standard InChI is InChI=1S/C16H23NO4/c1-11-12(15(19)20-6)8-7-9-13(11)17(5)10-14(18)21-16(2,3)4/h7-9H,10H2,1-6H3. The number of likely N-dealkylation sites (N-methyl/N-ethyl adjacent to an activating group) is 1. The van der Waals surface area contributed by atoms with Crippen molar-refractivity contribution in [2.75, 3.05) is 25.6 Å². The highest BCUT2D eigenvalue weighted by Gasteiger charge is 2.19. The molecule has 0 bridgehead atoms. The van der Waals surface area contributed by atoms with E-state index in [-0.39, 0.29) is 18.5 Å². The smallest absolute Gasteiger partial charge is 0.338 e. The minimum atomic E-state index is -0.513. The van der Waals surface area contributed by atoms with Crippen LogP contribution in [0.25, 0.3) is 0 Å². The van der Waals surface area contributed by atoms with Crippen LogP contribution in [0.2, 0.25) is 0 Å². The van der Waals surface area contributed by atoms with E-state index in [1.165, 1.54) is 7.11 Å². The van der Waals surface area contributed by atoms with E-state index >= 15 is 0 Å². The maximum Gasteiger partial charge on any atom is 0.338 e. The van der Waals surface area contributed by atoms with Gasteiger partial charge in [-0.2, -0.15) is 0 Å². The molecule has 21 heavy (non-hydrogen) atoms. The summed E-state index contributed by atoms with van der Waals surface area (Å²) in [7, 11) is 3.13. The van der Waals surface area contributed by atoms with Gasteiger partial charge >= 0.3 is 11.9 Å². The van der Waals surface area contributed by atoms with Gasteiger partial charge in [0.25, 0.3) is 0 Å². The Morgan fingerprint density at radius 2 is 1.86 bits per heavy atom. The van der Waals surface area contributed by atoms with Crippen LogP contribution < -0.4 is 4.90 Å². The second-order valence-corrected chi connectivity index (χ2v) is 5.88. The van der Waals surface area contributed by atoms with Crippen molar-refractivity contribution in [1.82, 2.24) is 0 Å². The van der Waals surface area contributed by atoms with Gasteiger partial charge in [-0.05, 0) is 45.4 Å². The Labute approximate surface area is 125 Å². The second kappa shape index (κ2) is 6.61. The average Bonchev–Trinajstić information content (AvgIpc) is 2.35. The number of hydrogen-bond donors (Lipinski definition) is 0. The van der Waals surface area contributed by atoms with E-state index in [9.17, 15) is 9.59 Å². The lowest BCUT2D eigenvalue weighted by Gasteiger charge is -2.25. The zero-order valence-electron chi connectivity index (χ0n) is 13.5. The van der Waals surface area contributed by atoms with Crippen LogP contribution in [0.5, 0.6) is 0 Å². The van der Waals surface area contributed by atoms with Gasteiger partial charge in [0, 0.05) is 12.7 Å². The van der Waals surface area contributed by atoms with Gasteiger partial charge in [0.05, 0.1) is 12.7 Å². The molecule has 0 aliphatic carbocycles. The lowest BCUT2D eigenvalue weighted by Crippen LogP contribution is -2.33. The molecule has 0 radical (unpaired) electrons. The monoisotopic (exact) mass is 293 g/mol. The number of hydrogen-bond acceptors (Lipinski definition) is 5. The van der Waals surface area contributed by atoms with E-state index in [0.29, 0.717) is 5.56 Å². The molecule has 1 aromatic rings. The Balaban J connectivity index is 2.91. The summed E-state index contributed by atoms with van der Waals surface area (Å²) in [4.78, 5) is 25.3. The summed E-state index contributed by atoms with van der Waals surface area (Å²) in [6, 6.07) is 5.32. The summed E-state index contributed by atoms with van der Waals surface area (Å²) in [6.07, 6.45) is 0. The average molecular weight is 293 g/mol. The normalized spacial score (nSPS) is 11.0. The predicted octanol–water partition coefficient (Wildman–Crippen LogP) is 2.56. The van der Waals surface area contributed by atoms with Gasteiger partial charge in [-0.25, -0.2) is 4.79 Å². The summed E-state index contributed by atoms with van der Waals surface area (Å²) >= 11 is 0. The summed E-state index contributed by atoms with van der Waals surface area (Å²) in [5.74, 6) is -0.701. The van der Waals surface area contributed by atoms with Crippen molar-refractivity contribution < 1.29 is 19.1 Å². The van der Waals surface area contributed by atoms with Crippen LogP contribution >= 0.6 is 0 Å². The number of anilines is 1. The zero-order chi connectivity index (χ0) is 16.2. The molecule has 0 aliphatic rings. The van der Waals surface area contributed by atoms with Crippen LogP contribution in [0.3, 0.4) is 0 Å². The first kappa shape index (κ1) is 17.0. The number of carbonyl (C=O) groups excluding carboxylic acids is 2. The Hall–Kier alpha value is -2.04. The summed E-state index contributed by atoms with van der Waals surface area (Å²) in [5.41, 5.74) is 1.55. The largest absolute Gasteiger partial charge is 0.465 e. The van der Waals surface area contributed by atoms with Crippen LogP contribution in [-0.2, 0) is 14.3 Å². The third-order valence-corrected chi connectivity index (χ3v) is 2.91. The third-order valence-electron chi connectivity index (χ3n) is 2.91. The van der Waals surface area contributed by atoms with Crippen LogP contribution in [0, 0.1) is 6.92 Å². The van der Waals surface area contributed by atoms with Crippen molar-refractivity contribution in [2.45, 2.75) is 33.3 Å². The molecule has 5 heteroatoms. The van der Waals surface area contributed by atoms with Crippen molar-refractivity contribution in [2.24, 2.45) is 0 Å². The number of benzene rings is 1. The van der Waals surface area contributed by atoms with E-state index in [1.807, 2.05) is 33.8 Å². The van der Waals surface area contributed by atoms with Gasteiger partial charge in [-0.1, -0.05) is 6.07 Å². The Morgan fingerprint density at radius 1 is 1.24 bits per heavy atom. The van der Waals surface area contributed by atoms with Crippen molar-refractivity contribution in [3.05, 3.63) is 29.3 Å². The maximum absolute atomic E-state index is 11.9. The zero-order valence-corrected chi connectivity index (χ0v) is 13.5. The number of methoxy groups -OCH3 is 1. The highest BCUT2D eigenvalue weighted by Crippen LogP contribution is 2.23. The van der Waals surface area contributed by atoms with E-state index in [4.69, 9.17) is 9.47 Å². The van der Waals surface area contributed by atoms with Gasteiger partial charge in [0.2, 0.25) is 0 Å². The first-order chi connectivity index (χ1) is 9.65. The molecule has 0 unspecified atom stereocenters. The second-order valence-electron chi connectivity index (χ2n) is 5.88. The van der Waals surface area contributed by atoms with Crippen molar-refractivity contribution in [1.29, 1.82) is 0 Å². The number of esters is 2. The molecule has 1 aromatic carbocycles. The van der Waals surface area contributed by atoms with Crippen molar-refractivity contribution >= 4 is 17.6 Å². The molecule has 5 nitrogen and oxygen atoms in total. The molecule has 0 heterocycles. The fourth-order valence-electron chi connectivity index (χ4n) is 2.02. The molecule has 0 spiro atoms. The topological polar surface area (TPSA) is 55.8 Å². The quantitative estimate of drug-likeness (QED) is 0.799. The predicted molar refractivity (Wildman–Crippen MR) is 81.6 cm³/mol. The highest BCUT2D eigenvalue weighted by atomic mass is 16.6. The van der Waals surface area contributed by atoms with Crippen LogP contribution in [-0.4, -0.2) is 38.2 Å². The van der Waals surface area contributed by atoms with Crippen molar-refractivity contribution in [3.63, 3.8) is 0 Å². The van der Waals surface area contributed by atoms with E-state index in [2.05, 4.69) is 0 Å². The molecule has 0 fully saturated rings. The molecule has 0 N–H and O–H groups in total. The lowest BCUT2D eigenvalue weighted by atomic mass is 10.1. The fraction of sp³-hybridized carbons (Fsp3) is 0.500. The summed E-state index contributed by atoms with van der Waals surface area (Å²) in [5, 5.41) is 0. The van der Waals surface area contributed by atoms with Gasteiger partial charge in [0.1, 0.15) is 12.1 Å². The van der Waals surface area contributed by atoms with Gasteiger partial charge < -0.3 is 14.4 Å². The van der Waals surface area contributed by atoms with E-state index in [1.54, 1.807) is 24.1 Å². The molecular formula is C16H23NO4. The van der Waals surface area contributed by atoms with Crippen LogP contribution in [0.15, 0.2) is 18.2 Å².